The number of carbonyl (C=O) groups is 2. The van der Waals surface area contributed by atoms with Crippen LogP contribution in [-0.4, -0.2) is 36.8 Å². The van der Waals surface area contributed by atoms with E-state index in [4.69, 9.17) is 5.73 Å². The summed E-state index contributed by atoms with van der Waals surface area (Å²) in [6.45, 7) is 6.59. The Kier molecular flexibility index (Phi) is 5.82. The highest BCUT2D eigenvalue weighted by Gasteiger charge is 2.17. The van der Waals surface area contributed by atoms with Gasteiger partial charge < -0.3 is 14.9 Å². The second-order valence-corrected chi connectivity index (χ2v) is 6.61. The van der Waals surface area contributed by atoms with Crippen molar-refractivity contribution in [2.24, 2.45) is 12.8 Å². The number of hydrogen-bond donors (Lipinski definition) is 1. The molecule has 130 valence electrons. The Labute approximate surface area is 145 Å². The Balaban J connectivity index is 2.07. The summed E-state index contributed by atoms with van der Waals surface area (Å²) < 4.78 is 3.93. The molecule has 0 aliphatic heterocycles. The molecule has 0 spiro atoms. The fourth-order valence-electron chi connectivity index (χ4n) is 2.51. The minimum Gasteiger partial charge on any atom is -0.370 e. The Hall–Kier alpha value is -2.09. The SMILES string of the molecule is CCn1c(CCC(N)=O)nnc1SCC(=O)c1cc(C)n(C)c1C. The van der Waals surface area contributed by atoms with E-state index in [0.717, 1.165) is 22.8 Å². The van der Waals surface area contributed by atoms with Crippen LogP contribution in [0.3, 0.4) is 0 Å². The van der Waals surface area contributed by atoms with Crippen LogP contribution in [0.2, 0.25) is 0 Å². The summed E-state index contributed by atoms with van der Waals surface area (Å²) in [5.41, 5.74) is 7.96. The molecule has 7 nitrogen and oxygen atoms in total. The Morgan fingerprint density at radius 2 is 2.00 bits per heavy atom. The maximum absolute atomic E-state index is 12.5. The number of Topliss-reactive ketones (excluding diaryl/α,β-unsaturated/α-hetero) is 1. The van der Waals surface area contributed by atoms with Gasteiger partial charge in [0.2, 0.25) is 5.91 Å². The molecule has 0 aromatic carbocycles. The predicted molar refractivity (Wildman–Crippen MR) is 93.2 cm³/mol. The molecular weight excluding hydrogens is 326 g/mol. The Morgan fingerprint density at radius 1 is 1.29 bits per heavy atom. The second kappa shape index (κ2) is 7.65. The molecule has 2 aromatic rings. The minimum atomic E-state index is -0.361. The summed E-state index contributed by atoms with van der Waals surface area (Å²) in [5.74, 6) is 0.738. The number of carbonyl (C=O) groups excluding carboxylic acids is 2. The van der Waals surface area contributed by atoms with Crippen LogP contribution in [0, 0.1) is 13.8 Å². The molecule has 0 unspecified atom stereocenters. The highest BCUT2D eigenvalue weighted by atomic mass is 32.2. The van der Waals surface area contributed by atoms with Crippen LogP contribution in [-0.2, 0) is 24.8 Å². The van der Waals surface area contributed by atoms with Crippen molar-refractivity contribution in [3.63, 3.8) is 0 Å². The molecule has 1 amide bonds. The number of thioether (sulfide) groups is 1. The zero-order valence-corrected chi connectivity index (χ0v) is 15.3. The van der Waals surface area contributed by atoms with Crippen LogP contribution in [0.15, 0.2) is 11.2 Å². The van der Waals surface area contributed by atoms with Crippen molar-refractivity contribution in [3.8, 4) is 0 Å². The van der Waals surface area contributed by atoms with Gasteiger partial charge in [-0.1, -0.05) is 11.8 Å². The first kappa shape index (κ1) is 18.3. The van der Waals surface area contributed by atoms with E-state index in [1.165, 1.54) is 11.8 Å². The monoisotopic (exact) mass is 349 g/mol. The fourth-order valence-corrected chi connectivity index (χ4v) is 3.41. The highest BCUT2D eigenvalue weighted by molar-refractivity contribution is 7.99. The number of nitrogens with two attached hydrogens (primary N) is 1. The molecule has 2 N–H and O–H groups in total. The fraction of sp³-hybridized carbons (Fsp3) is 0.500. The predicted octanol–water partition coefficient (Wildman–Crippen LogP) is 1.65. The van der Waals surface area contributed by atoms with Gasteiger partial charge in [-0.15, -0.1) is 10.2 Å². The van der Waals surface area contributed by atoms with Gasteiger partial charge in [0, 0.05) is 43.4 Å². The second-order valence-electron chi connectivity index (χ2n) is 5.67. The zero-order chi connectivity index (χ0) is 17.9. The molecule has 0 aliphatic carbocycles. The van der Waals surface area contributed by atoms with Crippen molar-refractivity contribution < 1.29 is 9.59 Å². The van der Waals surface area contributed by atoms with E-state index in [1.54, 1.807) is 0 Å². The topological polar surface area (TPSA) is 95.8 Å². The highest BCUT2D eigenvalue weighted by Crippen LogP contribution is 2.21. The molecule has 0 fully saturated rings. The van der Waals surface area contributed by atoms with E-state index in [2.05, 4.69) is 10.2 Å². The largest absolute Gasteiger partial charge is 0.370 e. The van der Waals surface area contributed by atoms with Crippen molar-refractivity contribution >= 4 is 23.5 Å². The van der Waals surface area contributed by atoms with Crippen molar-refractivity contribution in [2.75, 3.05) is 5.75 Å². The van der Waals surface area contributed by atoms with E-state index in [0.29, 0.717) is 23.9 Å². The van der Waals surface area contributed by atoms with E-state index >= 15 is 0 Å². The Bertz CT molecular complexity index is 763. The van der Waals surface area contributed by atoms with Gasteiger partial charge in [0.1, 0.15) is 5.82 Å². The third-order valence-corrected chi connectivity index (χ3v) is 5.08. The van der Waals surface area contributed by atoms with Gasteiger partial charge in [0.25, 0.3) is 0 Å². The summed E-state index contributed by atoms with van der Waals surface area (Å²) >= 11 is 1.37. The first-order valence-corrected chi connectivity index (χ1v) is 8.83. The van der Waals surface area contributed by atoms with Gasteiger partial charge in [0.15, 0.2) is 10.9 Å². The number of aromatic nitrogens is 4. The summed E-state index contributed by atoms with van der Waals surface area (Å²) in [6.07, 6.45) is 0.700. The van der Waals surface area contributed by atoms with E-state index in [-0.39, 0.29) is 18.1 Å². The number of hydrogen-bond acceptors (Lipinski definition) is 5. The molecule has 0 aliphatic rings. The molecule has 2 rings (SSSR count). The van der Waals surface area contributed by atoms with Gasteiger partial charge >= 0.3 is 0 Å². The molecule has 2 heterocycles. The van der Waals surface area contributed by atoms with Crippen LogP contribution in [0.25, 0.3) is 0 Å². The van der Waals surface area contributed by atoms with Crippen LogP contribution in [0.1, 0.15) is 40.9 Å². The van der Waals surface area contributed by atoms with Gasteiger partial charge in [-0.25, -0.2) is 0 Å². The molecular formula is C16H23N5O2S. The zero-order valence-electron chi connectivity index (χ0n) is 14.5. The van der Waals surface area contributed by atoms with E-state index < -0.39 is 0 Å². The smallest absolute Gasteiger partial charge is 0.217 e. The molecule has 0 bridgehead atoms. The summed E-state index contributed by atoms with van der Waals surface area (Å²) in [6, 6.07) is 1.92. The normalized spacial score (nSPS) is 11.0. The van der Waals surface area contributed by atoms with Crippen LogP contribution < -0.4 is 5.73 Å². The van der Waals surface area contributed by atoms with E-state index in [9.17, 15) is 9.59 Å². The first-order chi connectivity index (χ1) is 11.3. The molecule has 8 heteroatoms. The molecule has 0 saturated carbocycles. The van der Waals surface area contributed by atoms with Gasteiger partial charge in [-0.3, -0.25) is 9.59 Å². The molecule has 24 heavy (non-hydrogen) atoms. The molecule has 0 saturated heterocycles. The van der Waals surface area contributed by atoms with Crippen molar-refractivity contribution in [1.82, 2.24) is 19.3 Å². The van der Waals surface area contributed by atoms with Gasteiger partial charge in [0.05, 0.1) is 5.75 Å². The maximum Gasteiger partial charge on any atom is 0.217 e. The average molecular weight is 349 g/mol. The number of amides is 1. The minimum absolute atomic E-state index is 0.0746. The lowest BCUT2D eigenvalue weighted by Gasteiger charge is -2.06. The quantitative estimate of drug-likeness (QED) is 0.577. The van der Waals surface area contributed by atoms with Gasteiger partial charge in [-0.2, -0.15) is 0 Å². The maximum atomic E-state index is 12.5. The lowest BCUT2D eigenvalue weighted by molar-refractivity contribution is -0.118. The average Bonchev–Trinajstić information content (AvgIpc) is 3.06. The van der Waals surface area contributed by atoms with Crippen LogP contribution in [0.4, 0.5) is 0 Å². The van der Waals surface area contributed by atoms with E-state index in [1.807, 2.05) is 43.0 Å². The number of nitrogens with zero attached hydrogens (tertiary/aromatic N) is 4. The standard InChI is InChI=1S/C16H23N5O2S/c1-5-21-15(7-6-14(17)23)18-19-16(21)24-9-13(22)12-8-10(2)20(4)11(12)3/h8H,5-7,9H2,1-4H3,(H2,17,23). The van der Waals surface area contributed by atoms with Crippen LogP contribution >= 0.6 is 11.8 Å². The molecule has 2 aromatic heterocycles. The first-order valence-electron chi connectivity index (χ1n) is 7.84. The lowest BCUT2D eigenvalue weighted by Crippen LogP contribution is -2.13. The summed E-state index contributed by atoms with van der Waals surface area (Å²) in [4.78, 5) is 23.4. The number of ketones is 1. The summed E-state index contributed by atoms with van der Waals surface area (Å²) in [7, 11) is 1.95. The Morgan fingerprint density at radius 3 is 2.54 bits per heavy atom. The van der Waals surface area contributed by atoms with Crippen LogP contribution in [0.5, 0.6) is 0 Å². The molecule has 0 atom stereocenters. The lowest BCUT2D eigenvalue weighted by atomic mass is 10.2. The molecule has 0 radical (unpaired) electrons. The number of primary amides is 1. The van der Waals surface area contributed by atoms with Crippen molar-refractivity contribution in [1.29, 1.82) is 0 Å². The third kappa shape index (κ3) is 3.87. The van der Waals surface area contributed by atoms with Crippen molar-refractivity contribution in [3.05, 3.63) is 28.8 Å². The van der Waals surface area contributed by atoms with Gasteiger partial charge in [-0.05, 0) is 26.8 Å². The third-order valence-electron chi connectivity index (χ3n) is 4.11. The summed E-state index contributed by atoms with van der Waals surface area (Å²) in [5, 5.41) is 8.95. The number of rotatable bonds is 8. The van der Waals surface area contributed by atoms with Crippen molar-refractivity contribution in [2.45, 2.75) is 45.3 Å². The number of aryl methyl sites for hydroxylation is 2.